The van der Waals surface area contributed by atoms with Crippen molar-refractivity contribution in [1.82, 2.24) is 0 Å². The largest absolute Gasteiger partial charge is 0.455 e. The van der Waals surface area contributed by atoms with Gasteiger partial charge < -0.3 is 28.4 Å². The predicted molar refractivity (Wildman–Crippen MR) is 497 cm³/mol. The first-order valence-electron chi connectivity index (χ1n) is 40.3. The third-order valence-corrected chi connectivity index (χ3v) is 23.3. The highest BCUT2D eigenvalue weighted by molar-refractivity contribution is 6.30. The third-order valence-electron chi connectivity index (χ3n) is 23.3. The highest BCUT2D eigenvalue weighted by atomic mass is 16.3. The molecule has 0 fully saturated rings. The van der Waals surface area contributed by atoms with E-state index in [4.69, 9.17) is 8.83 Å². The van der Waals surface area contributed by atoms with E-state index in [0.29, 0.717) is 0 Å². The van der Waals surface area contributed by atoms with Crippen LogP contribution in [0.4, 0.5) is 68.2 Å². The Labute approximate surface area is 683 Å². The summed E-state index contributed by atoms with van der Waals surface area (Å²) < 4.78 is 14.8. The van der Waals surface area contributed by atoms with Crippen LogP contribution in [0.2, 0.25) is 0 Å². The van der Waals surface area contributed by atoms with Crippen LogP contribution in [0.15, 0.2) is 458 Å². The Morgan fingerprint density at radius 2 is 0.407 bits per heavy atom. The van der Waals surface area contributed by atoms with Gasteiger partial charge in [0.1, 0.15) is 22.3 Å². The normalized spacial score (nSPS) is 11.6. The zero-order chi connectivity index (χ0) is 78.0. The summed E-state index contributed by atoms with van der Waals surface area (Å²) in [6.45, 7) is 0. The lowest BCUT2D eigenvalue weighted by Crippen LogP contribution is -2.12. The summed E-state index contributed by atoms with van der Waals surface area (Å²) in [4.78, 5) is 9.67. The topological polar surface area (TPSA) is 39.2 Å². The molecule has 0 spiro atoms. The minimum Gasteiger partial charge on any atom is -0.455 e. The first-order chi connectivity index (χ1) is 58.6. The number of anilines is 12. The lowest BCUT2D eigenvalue weighted by Gasteiger charge is -2.29. The quantitative estimate of drug-likeness (QED) is 0.0905. The molecule has 0 aliphatic heterocycles. The molecule has 0 unspecified atom stereocenters. The van der Waals surface area contributed by atoms with Crippen molar-refractivity contribution in [1.29, 1.82) is 0 Å². The zero-order valence-electron chi connectivity index (χ0n) is 64.3. The van der Waals surface area contributed by atoms with Gasteiger partial charge in [-0.3, -0.25) is 0 Å². The molecule has 22 aromatic rings. The van der Waals surface area contributed by atoms with Gasteiger partial charge in [0.05, 0.1) is 34.1 Å². The smallest absolute Gasteiger partial charge is 0.143 e. The maximum atomic E-state index is 7.41. The maximum absolute atomic E-state index is 7.41. The fourth-order valence-corrected chi connectivity index (χ4v) is 18.0. The molecule has 2 heterocycles. The molecular weight excluding hydrogens is 1430 g/mol. The monoisotopic (exact) mass is 1510 g/mol. The molecule has 0 aliphatic carbocycles. The van der Waals surface area contributed by atoms with Crippen molar-refractivity contribution in [3.63, 3.8) is 0 Å². The van der Waals surface area contributed by atoms with E-state index in [1.807, 2.05) is 0 Å². The SMILES string of the molecule is c1ccc(-c2cccc(N(c3ccccc3)c3cc4c(oc5cc(N(c6ccc(-c7ccc(N(c8ccccc8-c8ccccc8)c8cc9c(oc%10cc(N(c%11ccccc%11)c%11ccccc%11-c%11ccccc%11)c%11ccccc%11c%109)c9ccccc89)cc7)cc6)c6cccc(-c7ccccc7)c6)c6ccccc6c54)c4ccccc34)c2)cc1. The van der Waals surface area contributed by atoms with E-state index in [-0.39, 0.29) is 0 Å². The second-order valence-corrected chi connectivity index (χ2v) is 30.2. The molecule has 118 heavy (non-hydrogen) atoms. The van der Waals surface area contributed by atoms with Crippen LogP contribution in [-0.4, -0.2) is 0 Å². The Morgan fingerprint density at radius 1 is 0.144 bits per heavy atom. The molecular formula is C112H74N4O2. The van der Waals surface area contributed by atoms with Gasteiger partial charge >= 0.3 is 0 Å². The minimum atomic E-state index is 0.797. The molecule has 0 amide bonds. The summed E-state index contributed by atoms with van der Waals surface area (Å²) in [5.41, 5.74) is 26.9. The van der Waals surface area contributed by atoms with Crippen LogP contribution >= 0.6 is 0 Å². The van der Waals surface area contributed by atoms with Crippen molar-refractivity contribution < 1.29 is 8.83 Å². The Hall–Kier alpha value is -15.8. The first kappa shape index (κ1) is 69.0. The highest BCUT2D eigenvalue weighted by Gasteiger charge is 2.29. The molecule has 0 bridgehead atoms. The average Bonchev–Trinajstić information content (AvgIpc) is 1.54. The van der Waals surface area contributed by atoms with Gasteiger partial charge in [0, 0.05) is 111 Å². The molecule has 0 radical (unpaired) electrons. The fourth-order valence-electron chi connectivity index (χ4n) is 18.0. The minimum absolute atomic E-state index is 0.797. The Kier molecular flexibility index (Phi) is 17.1. The average molecular weight is 1510 g/mol. The molecule has 2 aromatic heterocycles. The molecule has 0 atom stereocenters. The lowest BCUT2D eigenvalue weighted by molar-refractivity contribution is 0.672. The van der Waals surface area contributed by atoms with E-state index in [9.17, 15) is 0 Å². The van der Waals surface area contributed by atoms with Crippen molar-refractivity contribution in [2.75, 3.05) is 19.6 Å². The number of hydrogen-bond donors (Lipinski definition) is 0. The van der Waals surface area contributed by atoms with Crippen LogP contribution in [0.5, 0.6) is 0 Å². The molecule has 0 saturated heterocycles. The van der Waals surface area contributed by atoms with Gasteiger partial charge in [0.25, 0.3) is 0 Å². The second kappa shape index (κ2) is 29.3. The van der Waals surface area contributed by atoms with E-state index < -0.39 is 0 Å². The lowest BCUT2D eigenvalue weighted by atomic mass is 9.96. The van der Waals surface area contributed by atoms with Gasteiger partial charge in [-0.15, -0.1) is 0 Å². The standard InChI is InChI=1S/C112H74N4O2/c1-7-33-75(34-8-1)81-41-31-47-87(69-81)113(83-43-15-5-16-44-83)103-71-99-109-95-55-23-19-51-91(95)105(73-107(109)117-111(99)97-57-25-21-53-93(97)103)114(88-48-32-42-82(70-88)76-35-9-2-10-36-76)85-65-61-77(62-66-85)78-63-67-86(68-64-78)116(102-60-30-28-50-90(102)80-39-13-4-14-40-80)104-72-100-110-96-56-24-20-52-92(96)106(74-108(110)118-112(100)98-58-26-22-54-94(98)104)115(84-45-17-6-18-46-84)101-59-29-27-49-89(101)79-37-11-3-12-38-79/h1-74H. The molecule has 0 N–H and O–H groups in total. The van der Waals surface area contributed by atoms with Crippen molar-refractivity contribution in [3.05, 3.63) is 449 Å². The van der Waals surface area contributed by atoms with E-state index in [2.05, 4.69) is 469 Å². The van der Waals surface area contributed by atoms with Crippen molar-refractivity contribution in [3.8, 4) is 55.6 Å². The van der Waals surface area contributed by atoms with E-state index in [0.717, 1.165) is 211 Å². The number of fused-ring (bicyclic) bond motifs is 14. The summed E-state index contributed by atoms with van der Waals surface area (Å²) in [6, 6.07) is 162. The van der Waals surface area contributed by atoms with E-state index in [1.54, 1.807) is 0 Å². The molecule has 0 aliphatic rings. The number of para-hydroxylation sites is 4. The Bertz CT molecular complexity index is 7540. The van der Waals surface area contributed by atoms with Crippen LogP contribution in [-0.2, 0) is 0 Å². The number of hydrogen-bond acceptors (Lipinski definition) is 6. The first-order valence-corrected chi connectivity index (χ1v) is 40.3. The molecule has 22 rings (SSSR count). The Balaban J connectivity index is 0.683. The predicted octanol–water partition coefficient (Wildman–Crippen LogP) is 32.3. The molecule has 6 heteroatoms. The summed E-state index contributed by atoms with van der Waals surface area (Å²) in [7, 11) is 0. The fraction of sp³-hybridized carbons (Fsp3) is 0. The second-order valence-electron chi connectivity index (χ2n) is 30.2. The zero-order valence-corrected chi connectivity index (χ0v) is 64.3. The van der Waals surface area contributed by atoms with Crippen molar-refractivity contribution in [2.24, 2.45) is 0 Å². The number of rotatable bonds is 17. The molecule has 6 nitrogen and oxygen atoms in total. The van der Waals surface area contributed by atoms with Crippen molar-refractivity contribution in [2.45, 2.75) is 0 Å². The van der Waals surface area contributed by atoms with Crippen molar-refractivity contribution >= 4 is 155 Å². The van der Waals surface area contributed by atoms with E-state index >= 15 is 0 Å². The van der Waals surface area contributed by atoms with Gasteiger partial charge in [-0.25, -0.2) is 0 Å². The third kappa shape index (κ3) is 12.0. The van der Waals surface area contributed by atoms with Crippen LogP contribution in [0.3, 0.4) is 0 Å². The summed E-state index contributed by atoms with van der Waals surface area (Å²) >= 11 is 0. The van der Waals surface area contributed by atoms with Gasteiger partial charge in [0.15, 0.2) is 0 Å². The van der Waals surface area contributed by atoms with Gasteiger partial charge in [-0.2, -0.15) is 0 Å². The summed E-state index contributed by atoms with van der Waals surface area (Å²) in [5.74, 6) is 0. The van der Waals surface area contributed by atoms with Gasteiger partial charge in [0.2, 0.25) is 0 Å². The van der Waals surface area contributed by atoms with Crippen LogP contribution < -0.4 is 19.6 Å². The number of benzene rings is 20. The number of nitrogens with zero attached hydrogens (tertiary/aromatic N) is 4. The van der Waals surface area contributed by atoms with Crippen LogP contribution in [0.1, 0.15) is 0 Å². The Morgan fingerprint density at radius 3 is 0.814 bits per heavy atom. The molecule has 554 valence electrons. The highest BCUT2D eigenvalue weighted by Crippen LogP contribution is 2.54. The maximum Gasteiger partial charge on any atom is 0.143 e. The van der Waals surface area contributed by atoms with Crippen LogP contribution in [0, 0.1) is 0 Å². The molecule has 0 saturated carbocycles. The van der Waals surface area contributed by atoms with Crippen LogP contribution in [0.25, 0.3) is 143 Å². The summed E-state index contributed by atoms with van der Waals surface area (Å²) in [5, 5.41) is 12.8. The molecule has 20 aromatic carbocycles. The van der Waals surface area contributed by atoms with Gasteiger partial charge in [-0.1, -0.05) is 340 Å². The number of furan rings is 2. The summed E-state index contributed by atoms with van der Waals surface area (Å²) in [6.07, 6.45) is 0. The van der Waals surface area contributed by atoms with E-state index in [1.165, 1.54) is 0 Å². The van der Waals surface area contributed by atoms with Gasteiger partial charge in [-0.05, 0) is 152 Å².